The van der Waals surface area contributed by atoms with E-state index in [0.29, 0.717) is 11.5 Å². The normalized spacial score (nSPS) is 13.1. The average Bonchev–Trinajstić information content (AvgIpc) is 2.45. The summed E-state index contributed by atoms with van der Waals surface area (Å²) >= 11 is 0. The minimum absolute atomic E-state index is 0. The number of anilines is 2. The summed E-state index contributed by atoms with van der Waals surface area (Å²) in [7, 11) is 0. The maximum absolute atomic E-state index is 6.84. The van der Waals surface area contributed by atoms with Crippen molar-refractivity contribution in [2.45, 2.75) is 31.6 Å². The molecule has 14 aromatic rings. The van der Waals surface area contributed by atoms with E-state index in [1.165, 1.54) is 49.7 Å². The summed E-state index contributed by atoms with van der Waals surface area (Å²) in [5.74, 6) is 2.01. The van der Waals surface area contributed by atoms with Gasteiger partial charge in [0, 0.05) is 50.0 Å². The van der Waals surface area contributed by atoms with Gasteiger partial charge < -0.3 is 18.8 Å². The van der Waals surface area contributed by atoms with Crippen molar-refractivity contribution in [3.63, 3.8) is 0 Å². The van der Waals surface area contributed by atoms with Crippen molar-refractivity contribution in [3.05, 3.63) is 308 Å². The summed E-state index contributed by atoms with van der Waals surface area (Å²) in [6.07, 6.45) is 1.91. The predicted molar refractivity (Wildman–Crippen MR) is 338 cm³/mol. The van der Waals surface area contributed by atoms with Gasteiger partial charge in [0.2, 0.25) is 0 Å². The Labute approximate surface area is 496 Å². The Morgan fingerprint density at radius 1 is 0.458 bits per heavy atom. The van der Waals surface area contributed by atoms with E-state index in [2.05, 4.69) is 296 Å². The number of hydrogen-bond donors (Lipinski definition) is 0. The largest absolute Gasteiger partial charge is 0.509 e. The number of benzene rings is 11. The Morgan fingerprint density at radius 3 is 1.75 bits per heavy atom. The summed E-state index contributed by atoms with van der Waals surface area (Å²) < 4.78 is 11.5. The van der Waals surface area contributed by atoms with Crippen molar-refractivity contribution in [1.82, 2.24) is 14.1 Å². The minimum Gasteiger partial charge on any atom is -0.509 e. The number of fused-ring (bicyclic) bond motifs is 13. The number of aromatic nitrogens is 3. The smallest absolute Gasteiger partial charge is 0.135 e. The van der Waals surface area contributed by atoms with Crippen LogP contribution < -0.4 is 9.64 Å². The molecule has 0 radical (unpaired) electrons. The predicted octanol–water partition coefficient (Wildman–Crippen LogP) is 19.6. The number of para-hydroxylation sites is 3. The van der Waals surface area contributed by atoms with Gasteiger partial charge in [-0.25, -0.2) is 4.98 Å². The van der Waals surface area contributed by atoms with Gasteiger partial charge in [-0.3, -0.25) is 0 Å². The zero-order chi connectivity index (χ0) is 54.7. The molecule has 0 fully saturated rings. The number of rotatable bonds is 7. The Balaban J connectivity index is 0.00000588. The van der Waals surface area contributed by atoms with Crippen molar-refractivity contribution >= 4 is 76.5 Å². The van der Waals surface area contributed by atoms with Crippen LogP contribution in [0.25, 0.3) is 93.2 Å². The summed E-state index contributed by atoms with van der Waals surface area (Å²) in [5.41, 5.74) is 16.4. The molecule has 0 amide bonds. The van der Waals surface area contributed by atoms with Crippen LogP contribution in [0.2, 0.25) is 0 Å². The summed E-state index contributed by atoms with van der Waals surface area (Å²) in [6.45, 7) is 8.96. The number of nitrogens with zero attached hydrogens (tertiary/aromatic N) is 4. The van der Waals surface area contributed by atoms with Crippen molar-refractivity contribution in [1.29, 1.82) is 0 Å². The molecule has 0 saturated heterocycles. The molecule has 83 heavy (non-hydrogen) atoms. The summed E-state index contributed by atoms with van der Waals surface area (Å²) in [6, 6.07) is 100. The molecule has 0 unspecified atom stereocenters. The molecule has 400 valence electrons. The monoisotopic (exact) mass is 1240 g/mol. The average molecular weight is 1250 g/mol. The van der Waals surface area contributed by atoms with Crippen molar-refractivity contribution in [2.24, 2.45) is 0 Å². The van der Waals surface area contributed by atoms with E-state index >= 15 is 0 Å². The molecule has 0 saturated carbocycles. The third-order valence-corrected chi connectivity index (χ3v) is 17.1. The molecule has 4 heterocycles. The Bertz CT molecular complexity index is 4960. The van der Waals surface area contributed by atoms with Crippen LogP contribution in [-0.2, 0) is 31.9 Å². The molecule has 0 N–H and O–H groups in total. The second kappa shape index (κ2) is 19.5. The first kappa shape index (κ1) is 50.3. The van der Waals surface area contributed by atoms with Gasteiger partial charge in [-0.1, -0.05) is 232 Å². The van der Waals surface area contributed by atoms with E-state index in [0.717, 1.165) is 82.7 Å². The van der Waals surface area contributed by atoms with Crippen LogP contribution in [0.1, 0.15) is 48.6 Å². The van der Waals surface area contributed by atoms with E-state index in [1.54, 1.807) is 0 Å². The van der Waals surface area contributed by atoms with Crippen molar-refractivity contribution < 1.29 is 25.8 Å². The van der Waals surface area contributed by atoms with Gasteiger partial charge in [0.25, 0.3) is 0 Å². The van der Waals surface area contributed by atoms with Crippen LogP contribution in [0.3, 0.4) is 0 Å². The second-order valence-electron chi connectivity index (χ2n) is 22.7. The Hall–Kier alpha value is -9.67. The molecule has 3 aromatic heterocycles. The zero-order valence-corrected chi connectivity index (χ0v) is 48.2. The second-order valence-corrected chi connectivity index (χ2v) is 22.7. The van der Waals surface area contributed by atoms with Crippen LogP contribution in [0.15, 0.2) is 261 Å². The van der Waals surface area contributed by atoms with Gasteiger partial charge >= 0.3 is 0 Å². The van der Waals surface area contributed by atoms with Crippen molar-refractivity contribution in [3.8, 4) is 39.6 Å². The van der Waals surface area contributed by atoms with Crippen LogP contribution in [-0.4, -0.2) is 14.1 Å². The fourth-order valence-corrected chi connectivity index (χ4v) is 13.5. The zero-order valence-electron chi connectivity index (χ0n) is 45.9. The van der Waals surface area contributed by atoms with Gasteiger partial charge in [-0.2, -0.15) is 12.1 Å². The quantitative estimate of drug-likeness (QED) is 0.149. The molecule has 0 bridgehead atoms. The number of pyridine rings is 1. The topological polar surface area (TPSA) is 35.2 Å². The van der Waals surface area contributed by atoms with Crippen LogP contribution in [0.5, 0.6) is 11.5 Å². The van der Waals surface area contributed by atoms with Gasteiger partial charge in [0.15, 0.2) is 0 Å². The molecule has 1 aliphatic heterocycles. The molecule has 11 aromatic carbocycles. The number of hydrogen-bond acceptors (Lipinski definition) is 3. The molecular weight excluding hydrogens is 1190 g/mol. The maximum atomic E-state index is 6.84. The van der Waals surface area contributed by atoms with Gasteiger partial charge in [0.05, 0.1) is 5.41 Å². The standard InChI is InChI=1S/C77H53N4O.Pt/c1-76(2,3)52-43-44-78-73(46-52)81-70-39-16-13-33-64(70)65-42-41-56(48-72(65)81)82-55-26-18-25-54(47-55)79-49-80-74-57(34-19-35-66(74)60-29-9-7-27-58(60)59-28-8-10-30-61(59)67-36-20-40-71(79)75(67)80)50-21-17-24-53(45-50)77(51-22-5-4-6-23-51)68-37-14-11-31-62(68)63-32-12-15-38-69(63)77;/h4-46,49H,1-3H3;/q-3;. The molecule has 0 spiro atoms. The maximum Gasteiger partial charge on any atom is 0.135 e. The van der Waals surface area contributed by atoms with Crippen LogP contribution in [0, 0.1) is 18.8 Å². The first-order valence-electron chi connectivity index (χ1n) is 28.2. The minimum atomic E-state index is -0.560. The van der Waals surface area contributed by atoms with E-state index < -0.39 is 5.41 Å². The molecule has 1 aliphatic carbocycles. The fraction of sp³-hybridized carbons (Fsp3) is 0.0649. The molecule has 16 rings (SSSR count). The summed E-state index contributed by atoms with van der Waals surface area (Å²) in [5, 5.41) is 9.17. The van der Waals surface area contributed by atoms with Gasteiger partial charge in [-0.15, -0.1) is 35.7 Å². The molecule has 5 nitrogen and oxygen atoms in total. The summed E-state index contributed by atoms with van der Waals surface area (Å²) in [4.78, 5) is 7.19. The van der Waals surface area contributed by atoms with Crippen LogP contribution in [0.4, 0.5) is 11.4 Å². The van der Waals surface area contributed by atoms with E-state index in [-0.39, 0.29) is 26.5 Å². The van der Waals surface area contributed by atoms with Crippen molar-refractivity contribution in [2.75, 3.05) is 4.90 Å². The molecule has 6 heteroatoms. The Morgan fingerprint density at radius 2 is 1.02 bits per heavy atom. The Kier molecular flexibility index (Phi) is 11.8. The molecule has 2 aliphatic rings. The van der Waals surface area contributed by atoms with Gasteiger partial charge in [0.1, 0.15) is 5.82 Å². The third kappa shape index (κ3) is 7.79. The fourth-order valence-electron chi connectivity index (χ4n) is 13.5. The number of ether oxygens (including phenoxy) is 1. The first-order chi connectivity index (χ1) is 40.3. The van der Waals surface area contributed by atoms with E-state index in [4.69, 9.17) is 9.72 Å². The van der Waals surface area contributed by atoms with E-state index in [9.17, 15) is 0 Å². The SMILES string of the molecule is CC(C)(C)c1ccnc(-n2c3[c-]c(Oc4[c-]c(N5[CH-]n6c7c(-c8cccc(C9(c%10ccccc%10)c%10ccccc%10-c%10ccccc%109)c8)cccc7c7ccccc7c7ccccc7c7cccc5c76)ccc4)ccc3c3ccccc32)c1.[Pt]. The third-order valence-electron chi connectivity index (χ3n) is 17.1. The first-order valence-corrected chi connectivity index (χ1v) is 28.2. The van der Waals surface area contributed by atoms with Gasteiger partial charge in [-0.05, 0) is 135 Å². The molecule has 0 atom stereocenters. The van der Waals surface area contributed by atoms with Crippen LogP contribution >= 0.6 is 0 Å². The van der Waals surface area contributed by atoms with E-state index in [1.807, 2.05) is 18.3 Å². The molecular formula is C77H53N4OPt-3.